The molecule has 1 heterocycles. The minimum absolute atomic E-state index is 0.00338. The fourth-order valence-electron chi connectivity index (χ4n) is 0.840. The third-order valence-electron chi connectivity index (χ3n) is 1.32. The maximum atomic E-state index is 10.7. The molecule has 0 aliphatic carbocycles. The van der Waals surface area contributed by atoms with Gasteiger partial charge in [0.2, 0.25) is 0 Å². The second-order valence-electron chi connectivity index (χ2n) is 2.27. The molecular weight excluding hydrogens is 134 g/mol. The molecule has 0 saturated carbocycles. The van der Waals surface area contributed by atoms with E-state index in [1.165, 1.54) is 6.92 Å². The highest BCUT2D eigenvalue weighted by atomic mass is 16.6. The van der Waals surface area contributed by atoms with E-state index in [2.05, 4.69) is 10.1 Å². The van der Waals surface area contributed by atoms with Gasteiger partial charge in [0.25, 0.3) is 0 Å². The van der Waals surface area contributed by atoms with Crippen molar-refractivity contribution in [3.8, 4) is 0 Å². The number of Topliss-reactive ketones (excluding diaryl/α,β-unsaturated/α-hetero) is 1. The van der Waals surface area contributed by atoms with E-state index >= 15 is 0 Å². The van der Waals surface area contributed by atoms with Crippen LogP contribution in [0.4, 0.5) is 0 Å². The minimum atomic E-state index is -0.405. The fourth-order valence-corrected chi connectivity index (χ4v) is 0.840. The van der Waals surface area contributed by atoms with Crippen molar-refractivity contribution < 1.29 is 14.3 Å². The summed E-state index contributed by atoms with van der Waals surface area (Å²) < 4.78 is 4.56. The number of ketones is 1. The van der Waals surface area contributed by atoms with Crippen LogP contribution in [0.5, 0.6) is 0 Å². The van der Waals surface area contributed by atoms with E-state index in [1.54, 1.807) is 0 Å². The highest BCUT2D eigenvalue weighted by Gasteiger charge is 2.26. The second kappa shape index (κ2) is 2.79. The minimum Gasteiger partial charge on any atom is -0.449 e. The summed E-state index contributed by atoms with van der Waals surface area (Å²) in [5, 5.41) is 2.75. The Labute approximate surface area is 58.5 Å². The molecule has 0 aromatic carbocycles. The maximum absolute atomic E-state index is 10.7. The normalized spacial score (nSPS) is 24.5. The standard InChI is InChI=1S/C6H9NO3/c1-4(8)2-5-6(9)10-3-7-5/h5,7H,2-3H2,1H3. The molecule has 0 spiro atoms. The van der Waals surface area contributed by atoms with Gasteiger partial charge in [0.1, 0.15) is 18.6 Å². The van der Waals surface area contributed by atoms with Crippen LogP contribution in [0.15, 0.2) is 0 Å². The predicted molar refractivity (Wildman–Crippen MR) is 33.2 cm³/mol. The Balaban J connectivity index is 2.40. The first-order valence-corrected chi connectivity index (χ1v) is 3.09. The first-order chi connectivity index (χ1) is 4.70. The molecule has 1 N–H and O–H groups in total. The van der Waals surface area contributed by atoms with Crippen LogP contribution in [0, 0.1) is 0 Å². The summed E-state index contributed by atoms with van der Waals surface area (Å²) in [6, 6.07) is -0.405. The fraction of sp³-hybridized carbons (Fsp3) is 0.667. The molecule has 56 valence electrons. The number of carbonyl (C=O) groups excluding carboxylic acids is 2. The van der Waals surface area contributed by atoms with Gasteiger partial charge in [0, 0.05) is 6.42 Å². The Hall–Kier alpha value is -0.900. The number of rotatable bonds is 2. The van der Waals surface area contributed by atoms with E-state index in [9.17, 15) is 9.59 Å². The number of carbonyl (C=O) groups is 2. The molecule has 1 rings (SSSR count). The molecule has 0 amide bonds. The Morgan fingerprint density at radius 2 is 2.60 bits per heavy atom. The summed E-state index contributed by atoms with van der Waals surface area (Å²) in [5.74, 6) is -0.327. The molecule has 0 aromatic rings. The van der Waals surface area contributed by atoms with E-state index in [1.807, 2.05) is 0 Å². The van der Waals surface area contributed by atoms with Crippen LogP contribution in [-0.2, 0) is 14.3 Å². The monoisotopic (exact) mass is 143 g/mol. The van der Waals surface area contributed by atoms with E-state index in [0.717, 1.165) is 0 Å². The SMILES string of the molecule is CC(=O)CC1NCOC1=O. The highest BCUT2D eigenvalue weighted by molar-refractivity contribution is 5.85. The summed E-state index contributed by atoms with van der Waals surface area (Å²) in [6.07, 6.45) is 0.235. The summed E-state index contributed by atoms with van der Waals surface area (Å²) in [6.45, 7) is 1.68. The van der Waals surface area contributed by atoms with Crippen LogP contribution in [0.25, 0.3) is 0 Å². The van der Waals surface area contributed by atoms with Crippen molar-refractivity contribution in [2.24, 2.45) is 0 Å². The van der Waals surface area contributed by atoms with E-state index in [-0.39, 0.29) is 24.9 Å². The van der Waals surface area contributed by atoms with Gasteiger partial charge in [-0.3, -0.25) is 14.9 Å². The van der Waals surface area contributed by atoms with Gasteiger partial charge in [-0.25, -0.2) is 0 Å². The van der Waals surface area contributed by atoms with Crippen LogP contribution in [0.3, 0.4) is 0 Å². The molecule has 10 heavy (non-hydrogen) atoms. The highest BCUT2D eigenvalue weighted by Crippen LogP contribution is 2.01. The molecular formula is C6H9NO3. The van der Waals surface area contributed by atoms with Crippen molar-refractivity contribution in [3.63, 3.8) is 0 Å². The maximum Gasteiger partial charge on any atom is 0.325 e. The molecule has 1 unspecified atom stereocenters. The average Bonchev–Trinajstić information content (AvgIpc) is 2.15. The van der Waals surface area contributed by atoms with Crippen LogP contribution in [-0.4, -0.2) is 24.5 Å². The molecule has 0 radical (unpaired) electrons. The van der Waals surface area contributed by atoms with Crippen molar-refractivity contribution in [1.82, 2.24) is 5.32 Å². The zero-order chi connectivity index (χ0) is 7.56. The van der Waals surface area contributed by atoms with Crippen LogP contribution < -0.4 is 5.32 Å². The number of hydrogen-bond donors (Lipinski definition) is 1. The van der Waals surface area contributed by atoms with Gasteiger partial charge >= 0.3 is 5.97 Å². The zero-order valence-corrected chi connectivity index (χ0v) is 5.72. The second-order valence-corrected chi connectivity index (χ2v) is 2.27. The first-order valence-electron chi connectivity index (χ1n) is 3.09. The Kier molecular flexibility index (Phi) is 2.01. The van der Waals surface area contributed by atoms with Gasteiger partial charge in [-0.1, -0.05) is 0 Å². The lowest BCUT2D eigenvalue weighted by Gasteiger charge is -1.99. The van der Waals surface area contributed by atoms with Gasteiger partial charge in [0.05, 0.1) is 0 Å². The summed E-state index contributed by atoms with van der Waals surface area (Å²) in [5.41, 5.74) is 0. The zero-order valence-electron chi connectivity index (χ0n) is 5.72. The first kappa shape index (κ1) is 7.21. The number of hydrogen-bond acceptors (Lipinski definition) is 4. The lowest BCUT2D eigenvalue weighted by Crippen LogP contribution is -2.29. The van der Waals surface area contributed by atoms with Crippen LogP contribution in [0.2, 0.25) is 0 Å². The predicted octanol–water partition coefficient (Wildman–Crippen LogP) is -0.562. The Morgan fingerprint density at radius 1 is 1.90 bits per heavy atom. The van der Waals surface area contributed by atoms with Crippen LogP contribution >= 0.6 is 0 Å². The third-order valence-corrected chi connectivity index (χ3v) is 1.32. The van der Waals surface area contributed by atoms with E-state index < -0.39 is 6.04 Å². The van der Waals surface area contributed by atoms with Crippen molar-refractivity contribution in [2.75, 3.05) is 6.73 Å². The van der Waals surface area contributed by atoms with Crippen molar-refractivity contribution >= 4 is 11.8 Å². The Bertz CT molecular complexity index is 166. The molecule has 0 aromatic heterocycles. The van der Waals surface area contributed by atoms with Gasteiger partial charge < -0.3 is 4.74 Å². The smallest absolute Gasteiger partial charge is 0.325 e. The Morgan fingerprint density at radius 3 is 3.00 bits per heavy atom. The quantitative estimate of drug-likeness (QED) is 0.526. The number of esters is 1. The molecule has 1 aliphatic heterocycles. The summed E-state index contributed by atoms with van der Waals surface area (Å²) in [7, 11) is 0. The van der Waals surface area contributed by atoms with E-state index in [4.69, 9.17) is 0 Å². The molecule has 4 nitrogen and oxygen atoms in total. The van der Waals surface area contributed by atoms with Crippen LogP contribution in [0.1, 0.15) is 13.3 Å². The van der Waals surface area contributed by atoms with Crippen molar-refractivity contribution in [3.05, 3.63) is 0 Å². The third kappa shape index (κ3) is 1.54. The lowest BCUT2D eigenvalue weighted by molar-refractivity contribution is -0.140. The largest absolute Gasteiger partial charge is 0.449 e. The van der Waals surface area contributed by atoms with Gasteiger partial charge in [-0.05, 0) is 6.92 Å². The summed E-state index contributed by atoms with van der Waals surface area (Å²) >= 11 is 0. The number of ether oxygens (including phenoxy) is 1. The van der Waals surface area contributed by atoms with Crippen molar-refractivity contribution in [2.45, 2.75) is 19.4 Å². The molecule has 0 bridgehead atoms. The molecule has 1 saturated heterocycles. The molecule has 4 heteroatoms. The lowest BCUT2D eigenvalue weighted by atomic mass is 10.2. The van der Waals surface area contributed by atoms with Gasteiger partial charge in [0.15, 0.2) is 0 Å². The van der Waals surface area contributed by atoms with E-state index in [0.29, 0.717) is 0 Å². The summed E-state index contributed by atoms with van der Waals surface area (Å²) in [4.78, 5) is 21.2. The number of nitrogens with one attached hydrogen (secondary N) is 1. The average molecular weight is 143 g/mol. The number of cyclic esters (lactones) is 1. The van der Waals surface area contributed by atoms with Gasteiger partial charge in [-0.2, -0.15) is 0 Å². The van der Waals surface area contributed by atoms with Crippen molar-refractivity contribution in [1.29, 1.82) is 0 Å². The molecule has 1 aliphatic rings. The molecule has 1 fully saturated rings. The molecule has 1 atom stereocenters. The van der Waals surface area contributed by atoms with Gasteiger partial charge in [-0.15, -0.1) is 0 Å². The topological polar surface area (TPSA) is 55.4 Å².